The van der Waals surface area contributed by atoms with Crippen molar-refractivity contribution in [1.82, 2.24) is 0 Å². The lowest BCUT2D eigenvalue weighted by atomic mass is 10.1. The van der Waals surface area contributed by atoms with Gasteiger partial charge in [-0.25, -0.2) is 0 Å². The second kappa shape index (κ2) is 50.7. The van der Waals surface area contributed by atoms with E-state index < -0.39 is 6.10 Å². The normalized spacial score (nSPS) is 13.0. The highest BCUT2D eigenvalue weighted by Crippen LogP contribution is 2.13. The van der Waals surface area contributed by atoms with Crippen molar-refractivity contribution in [1.29, 1.82) is 0 Å². The zero-order valence-corrected chi connectivity index (χ0v) is 40.5. The first-order valence-electron chi connectivity index (χ1n) is 25.4. The molecule has 356 valence electrons. The lowest BCUT2D eigenvalue weighted by molar-refractivity contribution is -0.167. The van der Waals surface area contributed by atoms with Crippen LogP contribution in [0.3, 0.4) is 0 Å². The van der Waals surface area contributed by atoms with Crippen LogP contribution >= 0.6 is 0 Å². The molecule has 0 spiro atoms. The molecule has 0 aromatic heterocycles. The molecule has 0 saturated carbocycles. The highest BCUT2D eigenvalue weighted by molar-refractivity contribution is 5.71. The number of hydrogen-bond acceptors (Lipinski definition) is 6. The van der Waals surface area contributed by atoms with Crippen molar-refractivity contribution in [2.75, 3.05) is 13.2 Å². The monoisotopic (exact) mass is 873 g/mol. The first-order chi connectivity index (χ1) is 31.0. The van der Waals surface area contributed by atoms with Crippen LogP contribution in [0.1, 0.15) is 213 Å². The quantitative estimate of drug-likeness (QED) is 0.0199. The van der Waals surface area contributed by atoms with Crippen LogP contribution in [0.15, 0.2) is 109 Å². The molecule has 0 heterocycles. The van der Waals surface area contributed by atoms with E-state index >= 15 is 0 Å². The molecular weight excluding hydrogens is 781 g/mol. The van der Waals surface area contributed by atoms with Gasteiger partial charge in [-0.05, 0) is 103 Å². The van der Waals surface area contributed by atoms with E-state index in [1.54, 1.807) is 0 Å². The summed E-state index contributed by atoms with van der Waals surface area (Å²) in [6.07, 6.45) is 67.9. The van der Waals surface area contributed by atoms with Gasteiger partial charge >= 0.3 is 17.9 Å². The number of allylic oxidation sites excluding steroid dienone is 18. The summed E-state index contributed by atoms with van der Waals surface area (Å²) < 4.78 is 16.7. The summed E-state index contributed by atoms with van der Waals surface area (Å²) in [5.74, 6) is -0.995. The average molecular weight is 873 g/mol. The van der Waals surface area contributed by atoms with Crippen LogP contribution in [-0.4, -0.2) is 37.2 Å². The van der Waals surface area contributed by atoms with Crippen molar-refractivity contribution in [3.8, 4) is 0 Å². The molecule has 6 nitrogen and oxygen atoms in total. The van der Waals surface area contributed by atoms with Crippen molar-refractivity contribution >= 4 is 17.9 Å². The topological polar surface area (TPSA) is 78.9 Å². The summed E-state index contributed by atoms with van der Waals surface area (Å²) in [6, 6.07) is 0. The lowest BCUT2D eigenvalue weighted by Gasteiger charge is -2.18. The molecule has 6 heteroatoms. The van der Waals surface area contributed by atoms with Gasteiger partial charge in [-0.15, -0.1) is 0 Å². The zero-order valence-electron chi connectivity index (χ0n) is 40.5. The number of carbonyl (C=O) groups is 3. The molecule has 0 saturated heterocycles. The predicted octanol–water partition coefficient (Wildman–Crippen LogP) is 16.8. The van der Waals surface area contributed by atoms with E-state index in [9.17, 15) is 14.4 Å². The van der Waals surface area contributed by atoms with E-state index in [0.717, 1.165) is 116 Å². The van der Waals surface area contributed by atoms with E-state index in [-0.39, 0.29) is 31.1 Å². The highest BCUT2D eigenvalue weighted by atomic mass is 16.6. The van der Waals surface area contributed by atoms with Gasteiger partial charge in [0.1, 0.15) is 13.2 Å². The minimum atomic E-state index is -0.813. The maximum atomic E-state index is 12.8. The van der Waals surface area contributed by atoms with E-state index in [2.05, 4.69) is 93.7 Å². The highest BCUT2D eigenvalue weighted by Gasteiger charge is 2.19. The first kappa shape index (κ1) is 59.1. The Balaban J connectivity index is 4.52. The molecule has 0 fully saturated rings. The Morgan fingerprint density at radius 1 is 0.349 bits per heavy atom. The van der Waals surface area contributed by atoms with Crippen LogP contribution in [-0.2, 0) is 28.6 Å². The summed E-state index contributed by atoms with van der Waals surface area (Å²) in [4.78, 5) is 37.9. The van der Waals surface area contributed by atoms with E-state index in [1.165, 1.54) is 57.8 Å². The van der Waals surface area contributed by atoms with E-state index in [4.69, 9.17) is 14.2 Å². The molecule has 0 amide bonds. The Kier molecular flexibility index (Phi) is 47.5. The molecule has 0 aliphatic rings. The summed E-state index contributed by atoms with van der Waals surface area (Å²) in [6.45, 7) is 6.30. The van der Waals surface area contributed by atoms with Gasteiger partial charge in [-0.1, -0.05) is 201 Å². The molecule has 0 rings (SSSR count). The van der Waals surface area contributed by atoms with E-state index in [0.29, 0.717) is 19.3 Å². The molecule has 0 N–H and O–H groups in total. The minimum absolute atomic E-state index is 0.113. The van der Waals surface area contributed by atoms with Gasteiger partial charge in [0, 0.05) is 19.3 Å². The molecule has 0 radical (unpaired) electrons. The first-order valence-corrected chi connectivity index (χ1v) is 25.4. The number of ether oxygens (including phenoxy) is 3. The standard InChI is InChI=1S/C57H92O6/c1-4-7-10-13-16-19-22-25-27-29-32-35-38-41-44-47-50-56(59)62-53-54(52-61-55(58)49-46-43-40-37-34-31-24-21-18-15-12-9-6-3)63-57(60)51-48-45-42-39-36-33-30-28-26-23-20-17-14-11-8-5-2/h7,9-10,12,15-16,18-19,21,24-25,27-28,30-32,34-35,54H,4-6,8,11,13-14,17,20,22-23,26,29,33,36-53H2,1-3H3/b10-7-,12-9-,18-15-,19-16-,24-21-,27-25-,30-28-,34-31-,35-32-. The van der Waals surface area contributed by atoms with Crippen molar-refractivity contribution in [2.45, 2.75) is 219 Å². The van der Waals surface area contributed by atoms with Gasteiger partial charge in [0.2, 0.25) is 0 Å². The Morgan fingerprint density at radius 3 is 1.19 bits per heavy atom. The minimum Gasteiger partial charge on any atom is -0.462 e. The van der Waals surface area contributed by atoms with Gasteiger partial charge in [-0.2, -0.15) is 0 Å². The molecule has 0 aliphatic heterocycles. The second-order valence-corrected chi connectivity index (χ2v) is 16.4. The number of unbranched alkanes of at least 4 members (excludes halogenated alkanes) is 18. The van der Waals surface area contributed by atoms with Crippen molar-refractivity contribution in [3.05, 3.63) is 109 Å². The van der Waals surface area contributed by atoms with Crippen LogP contribution in [0.25, 0.3) is 0 Å². The Bertz CT molecular complexity index is 1330. The smallest absolute Gasteiger partial charge is 0.306 e. The maximum Gasteiger partial charge on any atom is 0.306 e. The van der Waals surface area contributed by atoms with Crippen LogP contribution in [0, 0.1) is 0 Å². The summed E-state index contributed by atoms with van der Waals surface area (Å²) in [5, 5.41) is 0. The van der Waals surface area contributed by atoms with Crippen molar-refractivity contribution in [2.24, 2.45) is 0 Å². The fourth-order valence-electron chi connectivity index (χ4n) is 6.55. The van der Waals surface area contributed by atoms with E-state index in [1.807, 2.05) is 36.5 Å². The van der Waals surface area contributed by atoms with Gasteiger partial charge in [0.15, 0.2) is 6.10 Å². The van der Waals surface area contributed by atoms with Gasteiger partial charge in [0.25, 0.3) is 0 Å². The summed E-state index contributed by atoms with van der Waals surface area (Å²) >= 11 is 0. The number of esters is 3. The molecule has 0 aromatic rings. The number of carbonyl (C=O) groups excluding carboxylic acids is 3. The fourth-order valence-corrected chi connectivity index (χ4v) is 6.55. The molecule has 0 aliphatic carbocycles. The molecule has 1 unspecified atom stereocenters. The third-order valence-corrected chi connectivity index (χ3v) is 10.3. The molecule has 0 bridgehead atoms. The fraction of sp³-hybridized carbons (Fsp3) is 0.632. The SMILES string of the molecule is CC\C=C/C=C\C=C/C=C\CCCCCC(=O)OCC(COC(=O)CCCCC/C=C\C/C=C\C/C=C\C/C=C\CC)OC(=O)CCCCCCC/C=C\CCCCCCCCC. The predicted molar refractivity (Wildman–Crippen MR) is 270 cm³/mol. The van der Waals surface area contributed by atoms with Crippen LogP contribution in [0.2, 0.25) is 0 Å². The van der Waals surface area contributed by atoms with Crippen molar-refractivity contribution < 1.29 is 28.6 Å². The summed E-state index contributed by atoms with van der Waals surface area (Å²) in [7, 11) is 0. The average Bonchev–Trinajstić information content (AvgIpc) is 3.28. The molecule has 0 aromatic carbocycles. The second-order valence-electron chi connectivity index (χ2n) is 16.4. The Labute approximate surface area is 387 Å². The third kappa shape index (κ3) is 49.0. The Hall–Kier alpha value is -3.93. The van der Waals surface area contributed by atoms with Gasteiger partial charge in [0.05, 0.1) is 0 Å². The van der Waals surface area contributed by atoms with Gasteiger partial charge in [-0.3, -0.25) is 14.4 Å². The van der Waals surface area contributed by atoms with Crippen LogP contribution in [0.5, 0.6) is 0 Å². The largest absolute Gasteiger partial charge is 0.462 e. The number of hydrogen-bond donors (Lipinski definition) is 0. The molecular formula is C57H92O6. The van der Waals surface area contributed by atoms with Crippen LogP contribution < -0.4 is 0 Å². The van der Waals surface area contributed by atoms with Crippen LogP contribution in [0.4, 0.5) is 0 Å². The molecule has 1 atom stereocenters. The number of rotatable bonds is 44. The van der Waals surface area contributed by atoms with Gasteiger partial charge < -0.3 is 14.2 Å². The maximum absolute atomic E-state index is 12.8. The summed E-state index contributed by atoms with van der Waals surface area (Å²) in [5.41, 5.74) is 0. The third-order valence-electron chi connectivity index (χ3n) is 10.3. The Morgan fingerprint density at radius 2 is 0.698 bits per heavy atom. The molecule has 63 heavy (non-hydrogen) atoms. The lowest BCUT2D eigenvalue weighted by Crippen LogP contribution is -2.30. The van der Waals surface area contributed by atoms with Crippen molar-refractivity contribution in [3.63, 3.8) is 0 Å². The zero-order chi connectivity index (χ0) is 45.8.